The second kappa shape index (κ2) is 7.43. The van der Waals surface area contributed by atoms with Gasteiger partial charge in [0.2, 0.25) is 0 Å². The van der Waals surface area contributed by atoms with Crippen molar-refractivity contribution in [3.8, 4) is 0 Å². The van der Waals surface area contributed by atoms with E-state index in [9.17, 15) is 0 Å². The molecule has 0 radical (unpaired) electrons. The van der Waals surface area contributed by atoms with Crippen LogP contribution in [0.25, 0.3) is 0 Å². The van der Waals surface area contributed by atoms with Crippen molar-refractivity contribution in [2.75, 3.05) is 26.2 Å². The summed E-state index contributed by atoms with van der Waals surface area (Å²) in [5.41, 5.74) is 0.254. The normalized spacial score (nSPS) is 30.1. The van der Waals surface area contributed by atoms with Crippen LogP contribution in [-0.2, 0) is 0 Å². The highest BCUT2D eigenvalue weighted by Crippen LogP contribution is 2.26. The Hall–Kier alpha value is -0.120. The Morgan fingerprint density at radius 2 is 1.95 bits per heavy atom. The molecule has 0 aromatic carbocycles. The Kier molecular flexibility index (Phi) is 6.10. The van der Waals surface area contributed by atoms with Crippen molar-refractivity contribution in [1.29, 1.82) is 0 Å². The first kappa shape index (κ1) is 17.2. The van der Waals surface area contributed by atoms with Crippen molar-refractivity contribution >= 4 is 0 Å². The molecule has 0 amide bonds. The third-order valence-corrected chi connectivity index (χ3v) is 5.26. The van der Waals surface area contributed by atoms with Crippen LogP contribution in [0.1, 0.15) is 66.7 Å². The maximum Gasteiger partial charge on any atom is 0.0224 e. The van der Waals surface area contributed by atoms with Gasteiger partial charge in [-0.3, -0.25) is 9.80 Å². The van der Waals surface area contributed by atoms with Crippen LogP contribution >= 0.6 is 0 Å². The van der Waals surface area contributed by atoms with E-state index in [1.54, 1.807) is 0 Å². The van der Waals surface area contributed by atoms with Crippen LogP contribution in [-0.4, -0.2) is 59.6 Å². The molecule has 3 atom stereocenters. The van der Waals surface area contributed by atoms with E-state index in [0.29, 0.717) is 0 Å². The molecular weight excluding hydrogens is 258 g/mol. The molecule has 1 N–H and O–H groups in total. The fourth-order valence-electron chi connectivity index (χ4n) is 4.02. The summed E-state index contributed by atoms with van der Waals surface area (Å²) in [7, 11) is 0. The number of hydrogen-bond donors (Lipinski definition) is 1. The zero-order chi connectivity index (χ0) is 15.5. The van der Waals surface area contributed by atoms with Crippen LogP contribution in [0.15, 0.2) is 0 Å². The van der Waals surface area contributed by atoms with Crippen LogP contribution in [0.2, 0.25) is 0 Å². The molecule has 2 fully saturated rings. The Morgan fingerprint density at radius 3 is 2.67 bits per heavy atom. The summed E-state index contributed by atoms with van der Waals surface area (Å²) in [4.78, 5) is 5.53. The number of hydrogen-bond acceptors (Lipinski definition) is 3. The van der Waals surface area contributed by atoms with Crippen molar-refractivity contribution in [1.82, 2.24) is 15.1 Å². The smallest absolute Gasteiger partial charge is 0.0224 e. The number of fused-ring (bicyclic) bond motifs is 1. The Balaban J connectivity index is 1.75. The lowest BCUT2D eigenvalue weighted by Gasteiger charge is -2.49. The molecule has 3 nitrogen and oxygen atoms in total. The fraction of sp³-hybridized carbons (Fsp3) is 1.00. The van der Waals surface area contributed by atoms with Crippen molar-refractivity contribution in [2.45, 2.75) is 90.4 Å². The molecular formula is C18H37N3. The van der Waals surface area contributed by atoms with E-state index in [-0.39, 0.29) is 5.54 Å². The molecule has 2 heterocycles. The van der Waals surface area contributed by atoms with Crippen LogP contribution in [0, 0.1) is 0 Å². The summed E-state index contributed by atoms with van der Waals surface area (Å²) in [5.74, 6) is 0. The standard InChI is InChI=1S/C18H37N3/c1-15(9-8-11-19-18(3,4)5)21-14-17-10-6-7-12-20(17)13-16(21)2/h15-17,19H,6-14H2,1-5H3. The first-order chi connectivity index (χ1) is 9.87. The van der Waals surface area contributed by atoms with E-state index >= 15 is 0 Å². The number of rotatable bonds is 5. The maximum atomic E-state index is 3.61. The van der Waals surface area contributed by atoms with E-state index in [1.165, 1.54) is 51.7 Å². The first-order valence-electron chi connectivity index (χ1n) is 9.11. The topological polar surface area (TPSA) is 18.5 Å². The first-order valence-corrected chi connectivity index (χ1v) is 9.11. The van der Waals surface area contributed by atoms with Gasteiger partial charge in [0.15, 0.2) is 0 Å². The van der Waals surface area contributed by atoms with Crippen molar-refractivity contribution in [3.05, 3.63) is 0 Å². The van der Waals surface area contributed by atoms with Crippen LogP contribution in [0.5, 0.6) is 0 Å². The average molecular weight is 296 g/mol. The van der Waals surface area contributed by atoms with Gasteiger partial charge in [-0.2, -0.15) is 0 Å². The Bertz CT molecular complexity index is 310. The van der Waals surface area contributed by atoms with Crippen LogP contribution in [0.3, 0.4) is 0 Å². The molecule has 0 saturated carbocycles. The maximum absolute atomic E-state index is 3.61. The molecule has 124 valence electrons. The van der Waals surface area contributed by atoms with Gasteiger partial charge in [-0.15, -0.1) is 0 Å². The summed E-state index contributed by atoms with van der Waals surface area (Å²) in [5, 5.41) is 3.61. The molecule has 0 bridgehead atoms. The van der Waals surface area contributed by atoms with Crippen molar-refractivity contribution < 1.29 is 0 Å². The highest BCUT2D eigenvalue weighted by molar-refractivity contribution is 4.91. The molecule has 2 saturated heterocycles. The lowest BCUT2D eigenvalue weighted by molar-refractivity contribution is -0.00601. The van der Waals surface area contributed by atoms with Crippen LogP contribution in [0.4, 0.5) is 0 Å². The van der Waals surface area contributed by atoms with Crippen molar-refractivity contribution in [2.24, 2.45) is 0 Å². The molecule has 0 aromatic rings. The summed E-state index contributed by atoms with van der Waals surface area (Å²) in [6.45, 7) is 16.7. The second-order valence-corrected chi connectivity index (χ2v) is 8.36. The van der Waals surface area contributed by atoms with Gasteiger partial charge >= 0.3 is 0 Å². The van der Waals surface area contributed by atoms with Crippen LogP contribution < -0.4 is 5.32 Å². The number of piperazine rings is 1. The van der Waals surface area contributed by atoms with Gasteiger partial charge < -0.3 is 5.32 Å². The molecule has 21 heavy (non-hydrogen) atoms. The summed E-state index contributed by atoms with van der Waals surface area (Å²) in [6, 6.07) is 2.29. The zero-order valence-corrected chi connectivity index (χ0v) is 15.0. The molecule has 2 aliphatic heterocycles. The SMILES string of the molecule is CC(CCCNC(C)(C)C)N1CC2CCCCN2CC1C. The average Bonchev–Trinajstić information content (AvgIpc) is 2.41. The minimum atomic E-state index is 0.254. The van der Waals surface area contributed by atoms with E-state index in [4.69, 9.17) is 0 Å². The van der Waals surface area contributed by atoms with Gasteiger partial charge in [0, 0.05) is 36.8 Å². The predicted octanol–water partition coefficient (Wildman–Crippen LogP) is 3.10. The van der Waals surface area contributed by atoms with Gasteiger partial charge in [0.25, 0.3) is 0 Å². The monoisotopic (exact) mass is 295 g/mol. The quantitative estimate of drug-likeness (QED) is 0.786. The fourth-order valence-corrected chi connectivity index (χ4v) is 4.02. The minimum Gasteiger partial charge on any atom is -0.312 e. The highest BCUT2D eigenvalue weighted by Gasteiger charge is 2.34. The van der Waals surface area contributed by atoms with Crippen molar-refractivity contribution in [3.63, 3.8) is 0 Å². The lowest BCUT2D eigenvalue weighted by atomic mass is 9.95. The lowest BCUT2D eigenvalue weighted by Crippen LogP contribution is -2.60. The molecule has 0 spiro atoms. The number of piperidine rings is 1. The van der Waals surface area contributed by atoms with E-state index in [2.05, 4.69) is 49.7 Å². The molecule has 3 heteroatoms. The highest BCUT2D eigenvalue weighted by atomic mass is 15.3. The third-order valence-electron chi connectivity index (χ3n) is 5.26. The van der Waals surface area contributed by atoms with Gasteiger partial charge in [0.05, 0.1) is 0 Å². The van der Waals surface area contributed by atoms with E-state index in [0.717, 1.165) is 24.7 Å². The molecule has 2 aliphatic rings. The summed E-state index contributed by atoms with van der Waals surface area (Å²) in [6.07, 6.45) is 6.88. The van der Waals surface area contributed by atoms with Gasteiger partial charge in [0.1, 0.15) is 0 Å². The van der Waals surface area contributed by atoms with Gasteiger partial charge in [-0.25, -0.2) is 0 Å². The minimum absolute atomic E-state index is 0.254. The van der Waals surface area contributed by atoms with E-state index in [1.807, 2.05) is 0 Å². The Morgan fingerprint density at radius 1 is 1.19 bits per heavy atom. The van der Waals surface area contributed by atoms with Gasteiger partial charge in [-0.1, -0.05) is 6.42 Å². The summed E-state index contributed by atoms with van der Waals surface area (Å²) >= 11 is 0. The van der Waals surface area contributed by atoms with Gasteiger partial charge in [-0.05, 0) is 73.4 Å². The number of nitrogens with zero attached hydrogens (tertiary/aromatic N) is 2. The zero-order valence-electron chi connectivity index (χ0n) is 15.0. The number of nitrogens with one attached hydrogen (secondary N) is 1. The second-order valence-electron chi connectivity index (χ2n) is 8.36. The molecule has 0 aromatic heterocycles. The predicted molar refractivity (Wildman–Crippen MR) is 91.8 cm³/mol. The Labute approximate surface area is 132 Å². The largest absolute Gasteiger partial charge is 0.312 e. The third kappa shape index (κ3) is 5.22. The summed E-state index contributed by atoms with van der Waals surface area (Å²) < 4.78 is 0. The van der Waals surface area contributed by atoms with E-state index < -0.39 is 0 Å². The molecule has 0 aliphatic carbocycles. The molecule has 2 rings (SSSR count). The molecule has 3 unspecified atom stereocenters.